The fourth-order valence-corrected chi connectivity index (χ4v) is 5.96. The van der Waals surface area contributed by atoms with E-state index in [1.165, 1.54) is 60.2 Å². The number of amides is 1. The van der Waals surface area contributed by atoms with Gasteiger partial charge in [-0.1, -0.05) is 0 Å². The van der Waals surface area contributed by atoms with E-state index in [4.69, 9.17) is 9.47 Å². The van der Waals surface area contributed by atoms with E-state index in [0.29, 0.717) is 29.5 Å². The molecule has 0 bridgehead atoms. The van der Waals surface area contributed by atoms with Crippen LogP contribution in [0.5, 0.6) is 11.5 Å². The number of hydrogen-bond acceptors (Lipinski definition) is 7. The summed E-state index contributed by atoms with van der Waals surface area (Å²) in [6, 6.07) is 8.74. The lowest BCUT2D eigenvalue weighted by Gasteiger charge is -2.18. The van der Waals surface area contributed by atoms with E-state index >= 15 is 0 Å². The maximum atomic E-state index is 14.0. The number of aromatic nitrogens is 1. The number of benzene rings is 2. The molecule has 33 heavy (non-hydrogen) atoms. The highest BCUT2D eigenvalue weighted by atomic mass is 32.2. The van der Waals surface area contributed by atoms with Gasteiger partial charge in [-0.3, -0.25) is 10.1 Å². The van der Waals surface area contributed by atoms with Crippen LogP contribution in [0.15, 0.2) is 46.7 Å². The van der Waals surface area contributed by atoms with Crippen LogP contribution in [0.25, 0.3) is 11.3 Å². The minimum atomic E-state index is -3.78. The Kier molecular flexibility index (Phi) is 6.63. The van der Waals surface area contributed by atoms with E-state index in [0.717, 1.165) is 12.8 Å². The number of sulfonamides is 1. The van der Waals surface area contributed by atoms with Crippen molar-refractivity contribution in [2.24, 2.45) is 0 Å². The zero-order valence-electron chi connectivity index (χ0n) is 18.0. The van der Waals surface area contributed by atoms with Crippen LogP contribution < -0.4 is 14.8 Å². The first-order valence-electron chi connectivity index (χ1n) is 10.1. The summed E-state index contributed by atoms with van der Waals surface area (Å²) in [7, 11) is -1.01. The van der Waals surface area contributed by atoms with Crippen molar-refractivity contribution in [2.45, 2.75) is 17.7 Å². The lowest BCUT2D eigenvalue weighted by Crippen LogP contribution is -2.28. The van der Waals surface area contributed by atoms with Crippen LogP contribution >= 0.6 is 11.3 Å². The Morgan fingerprint density at radius 3 is 2.45 bits per heavy atom. The molecule has 1 aliphatic heterocycles. The number of carbonyl (C=O) groups is 1. The Hall–Kier alpha value is -3.02. The fraction of sp³-hybridized carbons (Fsp3) is 0.273. The third-order valence-electron chi connectivity index (χ3n) is 5.28. The van der Waals surface area contributed by atoms with Crippen LogP contribution in [0.3, 0.4) is 0 Å². The average Bonchev–Trinajstić information content (AvgIpc) is 3.51. The molecule has 1 amide bonds. The van der Waals surface area contributed by atoms with Gasteiger partial charge in [0.25, 0.3) is 5.91 Å². The van der Waals surface area contributed by atoms with Crippen LogP contribution in [-0.2, 0) is 10.0 Å². The highest BCUT2D eigenvalue weighted by molar-refractivity contribution is 7.89. The van der Waals surface area contributed by atoms with E-state index < -0.39 is 21.7 Å². The Bertz CT molecular complexity index is 1290. The third-order valence-corrected chi connectivity index (χ3v) is 7.96. The zero-order valence-corrected chi connectivity index (χ0v) is 19.6. The molecule has 8 nitrogen and oxygen atoms in total. The minimum Gasteiger partial charge on any atom is -0.495 e. The molecule has 0 atom stereocenters. The van der Waals surface area contributed by atoms with Crippen molar-refractivity contribution < 1.29 is 27.1 Å². The summed E-state index contributed by atoms with van der Waals surface area (Å²) in [5.41, 5.74) is 1.18. The molecule has 2 aromatic carbocycles. The maximum Gasteiger partial charge on any atom is 0.257 e. The number of hydrogen-bond donors (Lipinski definition) is 1. The van der Waals surface area contributed by atoms with E-state index in [9.17, 15) is 17.6 Å². The number of rotatable bonds is 7. The van der Waals surface area contributed by atoms with Crippen LogP contribution in [-0.4, -0.2) is 50.9 Å². The molecule has 0 aliphatic carbocycles. The number of nitrogens with zero attached hydrogens (tertiary/aromatic N) is 2. The summed E-state index contributed by atoms with van der Waals surface area (Å²) in [5, 5.41) is 4.66. The fourth-order valence-electron chi connectivity index (χ4n) is 3.55. The van der Waals surface area contributed by atoms with E-state index in [1.807, 2.05) is 0 Å². The summed E-state index contributed by atoms with van der Waals surface area (Å²) >= 11 is 1.17. The molecule has 1 aliphatic rings. The van der Waals surface area contributed by atoms with Crippen molar-refractivity contribution in [3.8, 4) is 22.8 Å². The first-order chi connectivity index (χ1) is 15.8. The summed E-state index contributed by atoms with van der Waals surface area (Å²) in [5.74, 6) is -0.728. The zero-order chi connectivity index (χ0) is 23.6. The van der Waals surface area contributed by atoms with Crippen LogP contribution in [0, 0.1) is 5.82 Å². The number of halogens is 1. The van der Waals surface area contributed by atoms with E-state index in [2.05, 4.69) is 10.3 Å². The minimum absolute atomic E-state index is 0.0481. The summed E-state index contributed by atoms with van der Waals surface area (Å²) in [4.78, 5) is 17.1. The molecule has 0 saturated carbocycles. The average molecular weight is 492 g/mol. The number of methoxy groups -OCH3 is 2. The van der Waals surface area contributed by atoms with Gasteiger partial charge < -0.3 is 9.47 Å². The van der Waals surface area contributed by atoms with Crippen molar-refractivity contribution in [2.75, 3.05) is 32.6 Å². The van der Waals surface area contributed by atoms with Crippen molar-refractivity contribution >= 4 is 32.4 Å². The maximum absolute atomic E-state index is 14.0. The second kappa shape index (κ2) is 9.46. The van der Waals surface area contributed by atoms with E-state index in [-0.39, 0.29) is 22.0 Å². The second-order valence-electron chi connectivity index (χ2n) is 7.32. The molecule has 1 fully saturated rings. The number of carbonyl (C=O) groups excluding carboxylic acids is 1. The smallest absolute Gasteiger partial charge is 0.257 e. The van der Waals surface area contributed by atoms with Gasteiger partial charge in [-0.25, -0.2) is 17.8 Å². The lowest BCUT2D eigenvalue weighted by atomic mass is 10.1. The largest absolute Gasteiger partial charge is 0.495 e. The van der Waals surface area contributed by atoms with Crippen molar-refractivity contribution in [1.82, 2.24) is 9.29 Å². The van der Waals surface area contributed by atoms with Gasteiger partial charge in [0.2, 0.25) is 10.0 Å². The Balaban J connectivity index is 1.56. The number of nitrogens with one attached hydrogen (secondary N) is 1. The van der Waals surface area contributed by atoms with Gasteiger partial charge in [-0.2, -0.15) is 4.31 Å². The van der Waals surface area contributed by atoms with Gasteiger partial charge in [-0.05, 0) is 49.2 Å². The SMILES string of the molecule is COc1ccc(-c2csc(NC(=O)c3ccc(OC)c(S(=O)(=O)N4CCCC4)c3)n2)cc1F. The van der Waals surface area contributed by atoms with Crippen molar-refractivity contribution in [3.05, 3.63) is 53.2 Å². The molecule has 1 aromatic heterocycles. The normalized spacial score (nSPS) is 14.3. The first-order valence-corrected chi connectivity index (χ1v) is 12.4. The molecule has 0 spiro atoms. The molecule has 4 rings (SSSR count). The van der Waals surface area contributed by atoms with Gasteiger partial charge in [-0.15, -0.1) is 11.3 Å². The molecule has 0 unspecified atom stereocenters. The molecular weight excluding hydrogens is 469 g/mol. The molecule has 11 heteroatoms. The number of thiazole rings is 1. The van der Waals surface area contributed by atoms with Crippen LogP contribution in [0.1, 0.15) is 23.2 Å². The number of ether oxygens (including phenoxy) is 2. The van der Waals surface area contributed by atoms with Gasteiger partial charge in [0.15, 0.2) is 16.7 Å². The summed E-state index contributed by atoms with van der Waals surface area (Å²) in [6.45, 7) is 0.880. The van der Waals surface area contributed by atoms with E-state index in [1.54, 1.807) is 11.4 Å². The molecular formula is C22H22FN3O5S2. The molecule has 2 heterocycles. The monoisotopic (exact) mass is 491 g/mol. The lowest BCUT2D eigenvalue weighted by molar-refractivity contribution is 0.102. The molecule has 1 saturated heterocycles. The molecule has 1 N–H and O–H groups in total. The molecule has 174 valence electrons. The Labute approximate surface area is 195 Å². The van der Waals surface area contributed by atoms with Crippen molar-refractivity contribution in [3.63, 3.8) is 0 Å². The van der Waals surface area contributed by atoms with Crippen molar-refractivity contribution in [1.29, 1.82) is 0 Å². The van der Waals surface area contributed by atoms with Crippen LogP contribution in [0.2, 0.25) is 0 Å². The second-order valence-corrected chi connectivity index (χ2v) is 10.1. The first kappa shape index (κ1) is 23.1. The topological polar surface area (TPSA) is 97.8 Å². The third kappa shape index (κ3) is 4.70. The standard InChI is InChI=1S/C22H22FN3O5S2/c1-30-18-7-5-14(11-16(18)23)17-13-32-22(24-17)25-21(27)15-6-8-19(31-2)20(12-15)33(28,29)26-9-3-4-10-26/h5-8,11-13H,3-4,9-10H2,1-2H3,(H,24,25,27). The summed E-state index contributed by atoms with van der Waals surface area (Å²) < 4.78 is 51.6. The molecule has 3 aromatic rings. The predicted octanol–water partition coefficient (Wildman–Crippen LogP) is 4.00. The van der Waals surface area contributed by atoms with Crippen LogP contribution in [0.4, 0.5) is 9.52 Å². The Morgan fingerprint density at radius 1 is 1.09 bits per heavy atom. The summed E-state index contributed by atoms with van der Waals surface area (Å²) in [6.07, 6.45) is 1.60. The number of anilines is 1. The van der Waals surface area contributed by atoms with Gasteiger partial charge in [0, 0.05) is 29.6 Å². The van der Waals surface area contributed by atoms with Gasteiger partial charge >= 0.3 is 0 Å². The highest BCUT2D eigenvalue weighted by Crippen LogP contribution is 2.31. The van der Waals surface area contributed by atoms with Gasteiger partial charge in [0.1, 0.15) is 10.6 Å². The van der Waals surface area contributed by atoms with Gasteiger partial charge in [0.05, 0.1) is 19.9 Å². The predicted molar refractivity (Wildman–Crippen MR) is 123 cm³/mol. The Morgan fingerprint density at radius 2 is 1.79 bits per heavy atom. The highest BCUT2D eigenvalue weighted by Gasteiger charge is 2.30. The quantitative estimate of drug-likeness (QED) is 0.537. The molecule has 0 radical (unpaired) electrons.